The number of rotatable bonds is 3. The van der Waals surface area contributed by atoms with Crippen LogP contribution in [-0.4, -0.2) is 11.1 Å². The van der Waals surface area contributed by atoms with E-state index in [9.17, 15) is 5.11 Å². The van der Waals surface area contributed by atoms with Gasteiger partial charge >= 0.3 is 0 Å². The van der Waals surface area contributed by atoms with E-state index < -0.39 is 6.10 Å². The zero-order valence-electron chi connectivity index (χ0n) is 10.4. The maximum absolute atomic E-state index is 10.1. The molecule has 0 saturated heterocycles. The third-order valence-electron chi connectivity index (χ3n) is 2.93. The van der Waals surface area contributed by atoms with Crippen LogP contribution in [0.1, 0.15) is 38.9 Å². The molecule has 2 nitrogen and oxygen atoms in total. The highest BCUT2D eigenvalue weighted by atomic mass is 35.5. The van der Waals surface area contributed by atoms with Crippen LogP contribution < -0.4 is 5.73 Å². The van der Waals surface area contributed by atoms with Crippen LogP contribution in [-0.2, 0) is 0 Å². The van der Waals surface area contributed by atoms with Crippen molar-refractivity contribution >= 4 is 23.2 Å². The van der Waals surface area contributed by atoms with Crippen molar-refractivity contribution < 1.29 is 5.11 Å². The minimum Gasteiger partial charge on any atom is -0.388 e. The van der Waals surface area contributed by atoms with Crippen LogP contribution in [0.5, 0.6) is 0 Å². The van der Waals surface area contributed by atoms with Crippen molar-refractivity contribution in [3.63, 3.8) is 0 Å². The Labute approximate surface area is 113 Å². The predicted octanol–water partition coefficient (Wildman–Crippen LogP) is 3.79. The zero-order chi connectivity index (χ0) is 13.2. The lowest BCUT2D eigenvalue weighted by atomic mass is 9.83. The van der Waals surface area contributed by atoms with E-state index in [2.05, 4.69) is 0 Å². The summed E-state index contributed by atoms with van der Waals surface area (Å²) in [6, 6.07) is 5.14. The SMILES string of the molecule is CC(C)(C)[C@H](N)C[C@@H](O)c1cccc(Cl)c1Cl. The molecular weight excluding hydrogens is 257 g/mol. The van der Waals surface area contributed by atoms with Gasteiger partial charge in [-0.2, -0.15) is 0 Å². The van der Waals surface area contributed by atoms with Gasteiger partial charge in [0.2, 0.25) is 0 Å². The summed E-state index contributed by atoms with van der Waals surface area (Å²) in [5.41, 5.74) is 6.63. The van der Waals surface area contributed by atoms with E-state index in [0.717, 1.165) is 0 Å². The molecule has 0 unspecified atom stereocenters. The lowest BCUT2D eigenvalue weighted by Crippen LogP contribution is -2.36. The summed E-state index contributed by atoms with van der Waals surface area (Å²) in [5.74, 6) is 0. The Kier molecular flexibility index (Phi) is 4.85. The van der Waals surface area contributed by atoms with Gasteiger partial charge in [-0.3, -0.25) is 0 Å². The fraction of sp³-hybridized carbons (Fsp3) is 0.538. The summed E-state index contributed by atoms with van der Waals surface area (Å²) in [6.07, 6.45) is -0.223. The van der Waals surface area contributed by atoms with E-state index >= 15 is 0 Å². The van der Waals surface area contributed by atoms with Gasteiger partial charge in [0, 0.05) is 11.6 Å². The maximum atomic E-state index is 10.1. The molecule has 96 valence electrons. The van der Waals surface area contributed by atoms with Crippen molar-refractivity contribution in [2.75, 3.05) is 0 Å². The predicted molar refractivity (Wildman–Crippen MR) is 73.5 cm³/mol. The fourth-order valence-electron chi connectivity index (χ4n) is 1.50. The number of halogens is 2. The number of benzene rings is 1. The van der Waals surface area contributed by atoms with Crippen LogP contribution >= 0.6 is 23.2 Å². The molecule has 1 aromatic rings. The normalized spacial score (nSPS) is 15.7. The summed E-state index contributed by atoms with van der Waals surface area (Å²) < 4.78 is 0. The molecule has 0 bridgehead atoms. The summed E-state index contributed by atoms with van der Waals surface area (Å²) in [5, 5.41) is 11.0. The molecule has 0 aromatic heterocycles. The van der Waals surface area contributed by atoms with Gasteiger partial charge in [0.1, 0.15) is 0 Å². The van der Waals surface area contributed by atoms with Crippen molar-refractivity contribution in [3.05, 3.63) is 33.8 Å². The van der Waals surface area contributed by atoms with Crippen LogP contribution in [0.25, 0.3) is 0 Å². The lowest BCUT2D eigenvalue weighted by molar-refractivity contribution is 0.133. The minimum atomic E-state index is -0.685. The topological polar surface area (TPSA) is 46.2 Å². The quantitative estimate of drug-likeness (QED) is 0.882. The lowest BCUT2D eigenvalue weighted by Gasteiger charge is -2.29. The first-order valence-electron chi connectivity index (χ1n) is 5.61. The molecule has 3 N–H and O–H groups in total. The Morgan fingerprint density at radius 2 is 1.88 bits per heavy atom. The Balaban J connectivity index is 2.84. The molecule has 17 heavy (non-hydrogen) atoms. The van der Waals surface area contributed by atoms with Crippen LogP contribution in [0.3, 0.4) is 0 Å². The highest BCUT2D eigenvalue weighted by Crippen LogP contribution is 2.33. The Bertz CT molecular complexity index is 387. The second kappa shape index (κ2) is 5.57. The van der Waals surface area contributed by atoms with Gasteiger partial charge in [0.15, 0.2) is 0 Å². The van der Waals surface area contributed by atoms with Crippen molar-refractivity contribution in [1.29, 1.82) is 0 Å². The van der Waals surface area contributed by atoms with E-state index in [-0.39, 0.29) is 11.5 Å². The van der Waals surface area contributed by atoms with Crippen molar-refractivity contribution in [3.8, 4) is 0 Å². The van der Waals surface area contributed by atoms with Crippen LogP contribution in [0.4, 0.5) is 0 Å². The van der Waals surface area contributed by atoms with Gasteiger partial charge in [0.05, 0.1) is 16.1 Å². The summed E-state index contributed by atoms with van der Waals surface area (Å²) in [6.45, 7) is 6.14. The second-order valence-electron chi connectivity index (χ2n) is 5.37. The molecule has 0 spiro atoms. The fourth-order valence-corrected chi connectivity index (χ4v) is 1.93. The molecule has 0 fully saturated rings. The summed E-state index contributed by atoms with van der Waals surface area (Å²) in [4.78, 5) is 0. The average Bonchev–Trinajstić information content (AvgIpc) is 2.20. The molecule has 0 amide bonds. The second-order valence-corrected chi connectivity index (χ2v) is 6.15. The molecule has 2 atom stereocenters. The molecule has 4 heteroatoms. The molecule has 0 aliphatic heterocycles. The van der Waals surface area contributed by atoms with Gasteiger partial charge in [0.25, 0.3) is 0 Å². The number of hydrogen-bond donors (Lipinski definition) is 2. The van der Waals surface area contributed by atoms with E-state index in [4.69, 9.17) is 28.9 Å². The maximum Gasteiger partial charge on any atom is 0.0819 e. The Morgan fingerprint density at radius 3 is 2.41 bits per heavy atom. The number of aliphatic hydroxyl groups excluding tert-OH is 1. The highest BCUT2D eigenvalue weighted by Gasteiger charge is 2.25. The Morgan fingerprint density at radius 1 is 1.29 bits per heavy atom. The molecule has 1 rings (SSSR count). The monoisotopic (exact) mass is 275 g/mol. The van der Waals surface area contributed by atoms with E-state index in [0.29, 0.717) is 22.0 Å². The van der Waals surface area contributed by atoms with Gasteiger partial charge in [-0.1, -0.05) is 56.1 Å². The molecule has 0 aliphatic rings. The van der Waals surface area contributed by atoms with Gasteiger partial charge < -0.3 is 10.8 Å². The number of aliphatic hydroxyl groups is 1. The first kappa shape index (κ1) is 14.8. The Hall–Kier alpha value is -0.280. The van der Waals surface area contributed by atoms with Gasteiger partial charge in [-0.15, -0.1) is 0 Å². The summed E-state index contributed by atoms with van der Waals surface area (Å²) >= 11 is 12.0. The van der Waals surface area contributed by atoms with Crippen LogP contribution in [0, 0.1) is 5.41 Å². The minimum absolute atomic E-state index is 0.0496. The zero-order valence-corrected chi connectivity index (χ0v) is 11.9. The average molecular weight is 276 g/mol. The molecular formula is C13H19Cl2NO. The smallest absolute Gasteiger partial charge is 0.0819 e. The number of nitrogens with two attached hydrogens (primary N) is 1. The van der Waals surface area contributed by atoms with Gasteiger partial charge in [-0.05, 0) is 17.9 Å². The first-order chi connectivity index (χ1) is 7.73. The van der Waals surface area contributed by atoms with E-state index in [1.807, 2.05) is 20.8 Å². The molecule has 0 radical (unpaired) electrons. The van der Waals surface area contributed by atoms with E-state index in [1.165, 1.54) is 0 Å². The standard InChI is InChI=1S/C13H19Cl2NO/c1-13(2,3)11(16)7-10(17)8-5-4-6-9(14)12(8)15/h4-6,10-11,17H,7,16H2,1-3H3/t10-,11-/m1/s1. The van der Waals surface area contributed by atoms with Crippen molar-refractivity contribution in [2.24, 2.45) is 11.1 Å². The van der Waals surface area contributed by atoms with Crippen LogP contribution in [0.15, 0.2) is 18.2 Å². The molecule has 0 heterocycles. The summed E-state index contributed by atoms with van der Waals surface area (Å²) in [7, 11) is 0. The molecule has 0 aliphatic carbocycles. The number of hydrogen-bond acceptors (Lipinski definition) is 2. The van der Waals surface area contributed by atoms with E-state index in [1.54, 1.807) is 18.2 Å². The van der Waals surface area contributed by atoms with Crippen molar-refractivity contribution in [1.82, 2.24) is 0 Å². The first-order valence-corrected chi connectivity index (χ1v) is 6.36. The molecule has 1 aromatic carbocycles. The third-order valence-corrected chi connectivity index (χ3v) is 3.76. The largest absolute Gasteiger partial charge is 0.388 e. The van der Waals surface area contributed by atoms with Crippen LogP contribution in [0.2, 0.25) is 10.0 Å². The highest BCUT2D eigenvalue weighted by molar-refractivity contribution is 6.42. The van der Waals surface area contributed by atoms with Crippen molar-refractivity contribution in [2.45, 2.75) is 39.3 Å². The van der Waals surface area contributed by atoms with Gasteiger partial charge in [-0.25, -0.2) is 0 Å². The third kappa shape index (κ3) is 3.85. The molecule has 0 saturated carbocycles.